The molecule has 0 aliphatic carbocycles. The van der Waals surface area contributed by atoms with E-state index >= 15 is 0 Å². The van der Waals surface area contributed by atoms with Gasteiger partial charge in [0.25, 0.3) is 5.91 Å². The Morgan fingerprint density at radius 3 is 2.64 bits per heavy atom. The third-order valence-corrected chi connectivity index (χ3v) is 2.98. The number of amides is 1. The molecule has 0 bridgehead atoms. The maximum absolute atomic E-state index is 10.7. The van der Waals surface area contributed by atoms with Gasteiger partial charge in [0.1, 0.15) is 0 Å². The minimum Gasteiger partial charge on any atom is -0.365 e. The molecule has 1 aromatic heterocycles. The molecule has 0 aromatic carbocycles. The highest BCUT2D eigenvalue weighted by molar-refractivity contribution is 7.14. The Labute approximate surface area is 70.0 Å². The molecule has 0 aliphatic rings. The molecule has 0 saturated carbocycles. The number of nitrogens with two attached hydrogens (primary N) is 1. The predicted octanol–water partition coefficient (Wildman–Crippen LogP) is 1.72. The van der Waals surface area contributed by atoms with Crippen LogP contribution >= 0.6 is 11.3 Å². The minimum atomic E-state index is -0.321. The van der Waals surface area contributed by atoms with E-state index in [2.05, 4.69) is 6.92 Å². The molecule has 1 amide bonds. The monoisotopic (exact) mass is 169 g/mol. The largest absolute Gasteiger partial charge is 0.365 e. The Morgan fingerprint density at radius 2 is 2.36 bits per heavy atom. The lowest BCUT2D eigenvalue weighted by Gasteiger charge is -1.87. The zero-order valence-electron chi connectivity index (χ0n) is 6.68. The van der Waals surface area contributed by atoms with Crippen LogP contribution in [0.25, 0.3) is 0 Å². The van der Waals surface area contributed by atoms with Crippen LogP contribution in [-0.4, -0.2) is 5.91 Å². The Balaban J connectivity index is 3.05. The van der Waals surface area contributed by atoms with Gasteiger partial charge in [-0.25, -0.2) is 0 Å². The summed E-state index contributed by atoms with van der Waals surface area (Å²) in [5.41, 5.74) is 6.29. The van der Waals surface area contributed by atoms with Crippen molar-refractivity contribution in [3.63, 3.8) is 0 Å². The molecular weight excluding hydrogens is 158 g/mol. The fourth-order valence-electron chi connectivity index (χ4n) is 0.992. The van der Waals surface area contributed by atoms with Gasteiger partial charge in [-0.15, -0.1) is 11.3 Å². The van der Waals surface area contributed by atoms with Crippen LogP contribution < -0.4 is 5.73 Å². The molecule has 3 heteroatoms. The van der Waals surface area contributed by atoms with Crippen molar-refractivity contribution >= 4 is 17.2 Å². The zero-order chi connectivity index (χ0) is 8.43. The minimum absolute atomic E-state index is 0.321. The van der Waals surface area contributed by atoms with Crippen LogP contribution in [0.15, 0.2) is 6.07 Å². The van der Waals surface area contributed by atoms with Crippen molar-refractivity contribution in [2.45, 2.75) is 20.3 Å². The molecule has 2 N–H and O–H groups in total. The van der Waals surface area contributed by atoms with Crippen molar-refractivity contribution < 1.29 is 4.79 Å². The molecule has 0 aliphatic heterocycles. The molecule has 0 spiro atoms. The van der Waals surface area contributed by atoms with Gasteiger partial charge >= 0.3 is 0 Å². The van der Waals surface area contributed by atoms with Crippen molar-refractivity contribution in [3.8, 4) is 0 Å². The second-order valence-electron chi connectivity index (χ2n) is 2.43. The average Bonchev–Trinajstić information content (AvgIpc) is 2.31. The molecule has 0 atom stereocenters. The van der Waals surface area contributed by atoms with Crippen molar-refractivity contribution in [1.82, 2.24) is 0 Å². The first kappa shape index (κ1) is 8.27. The number of hydrogen-bond donors (Lipinski definition) is 1. The van der Waals surface area contributed by atoms with E-state index in [1.807, 2.05) is 13.0 Å². The van der Waals surface area contributed by atoms with E-state index in [9.17, 15) is 4.79 Å². The molecular formula is C8H11NOS. The van der Waals surface area contributed by atoms with E-state index in [0.29, 0.717) is 4.88 Å². The number of carbonyl (C=O) groups is 1. The Hall–Kier alpha value is -0.830. The Kier molecular flexibility index (Phi) is 2.29. The SMILES string of the molecule is CCc1sc(C(N)=O)cc1C. The first-order chi connectivity index (χ1) is 5.15. The van der Waals surface area contributed by atoms with Gasteiger partial charge in [-0.1, -0.05) is 6.92 Å². The number of carbonyl (C=O) groups excluding carboxylic acids is 1. The summed E-state index contributed by atoms with van der Waals surface area (Å²) in [6, 6.07) is 1.85. The lowest BCUT2D eigenvalue weighted by molar-refractivity contribution is 0.100. The molecule has 0 radical (unpaired) electrons. The van der Waals surface area contributed by atoms with Crippen LogP contribution in [0, 0.1) is 6.92 Å². The summed E-state index contributed by atoms with van der Waals surface area (Å²) < 4.78 is 0. The quantitative estimate of drug-likeness (QED) is 0.719. The summed E-state index contributed by atoms with van der Waals surface area (Å²) in [6.07, 6.45) is 0.976. The van der Waals surface area contributed by atoms with Gasteiger partial charge in [-0.05, 0) is 25.0 Å². The highest BCUT2D eigenvalue weighted by Gasteiger charge is 2.06. The van der Waals surface area contributed by atoms with Crippen LogP contribution in [0.3, 0.4) is 0 Å². The molecule has 60 valence electrons. The van der Waals surface area contributed by atoms with Crippen LogP contribution in [0.1, 0.15) is 27.0 Å². The van der Waals surface area contributed by atoms with E-state index in [4.69, 9.17) is 5.73 Å². The molecule has 0 unspecified atom stereocenters. The van der Waals surface area contributed by atoms with Gasteiger partial charge in [0.2, 0.25) is 0 Å². The first-order valence-electron chi connectivity index (χ1n) is 3.54. The molecule has 1 aromatic rings. The number of aryl methyl sites for hydroxylation is 2. The molecule has 11 heavy (non-hydrogen) atoms. The third kappa shape index (κ3) is 1.60. The summed E-state index contributed by atoms with van der Waals surface area (Å²) in [5.74, 6) is -0.321. The summed E-state index contributed by atoms with van der Waals surface area (Å²) in [7, 11) is 0. The zero-order valence-corrected chi connectivity index (χ0v) is 7.49. The number of thiophene rings is 1. The molecule has 1 rings (SSSR count). The lowest BCUT2D eigenvalue weighted by Crippen LogP contribution is -2.08. The van der Waals surface area contributed by atoms with Gasteiger partial charge in [-0.2, -0.15) is 0 Å². The van der Waals surface area contributed by atoms with E-state index < -0.39 is 0 Å². The smallest absolute Gasteiger partial charge is 0.258 e. The summed E-state index contributed by atoms with van der Waals surface area (Å²) in [5, 5.41) is 0. The van der Waals surface area contributed by atoms with Gasteiger partial charge < -0.3 is 5.73 Å². The van der Waals surface area contributed by atoms with Crippen molar-refractivity contribution in [1.29, 1.82) is 0 Å². The number of primary amides is 1. The second kappa shape index (κ2) is 3.05. The highest BCUT2D eigenvalue weighted by atomic mass is 32.1. The summed E-state index contributed by atoms with van der Waals surface area (Å²) in [4.78, 5) is 12.6. The van der Waals surface area contributed by atoms with Crippen LogP contribution in [0.4, 0.5) is 0 Å². The number of hydrogen-bond acceptors (Lipinski definition) is 2. The van der Waals surface area contributed by atoms with E-state index in [0.717, 1.165) is 6.42 Å². The lowest BCUT2D eigenvalue weighted by atomic mass is 10.2. The van der Waals surface area contributed by atoms with E-state index in [1.165, 1.54) is 21.8 Å². The standard InChI is InChI=1S/C8H11NOS/c1-3-6-5(2)4-7(11-6)8(9)10/h4H,3H2,1-2H3,(H2,9,10). The van der Waals surface area contributed by atoms with E-state index in [-0.39, 0.29) is 5.91 Å². The molecule has 0 fully saturated rings. The molecule has 2 nitrogen and oxygen atoms in total. The van der Waals surface area contributed by atoms with Gasteiger partial charge in [0.05, 0.1) is 4.88 Å². The number of rotatable bonds is 2. The molecule has 1 heterocycles. The van der Waals surface area contributed by atoms with Gasteiger partial charge in [0, 0.05) is 4.88 Å². The third-order valence-electron chi connectivity index (χ3n) is 1.58. The maximum Gasteiger partial charge on any atom is 0.258 e. The Bertz CT molecular complexity index is 278. The van der Waals surface area contributed by atoms with Gasteiger partial charge in [0.15, 0.2) is 0 Å². The maximum atomic E-state index is 10.7. The highest BCUT2D eigenvalue weighted by Crippen LogP contribution is 2.21. The predicted molar refractivity (Wildman–Crippen MR) is 47.0 cm³/mol. The second-order valence-corrected chi connectivity index (χ2v) is 3.57. The normalized spacial score (nSPS) is 10.0. The summed E-state index contributed by atoms with van der Waals surface area (Å²) >= 11 is 1.49. The molecule has 0 saturated heterocycles. The topological polar surface area (TPSA) is 43.1 Å². The van der Waals surface area contributed by atoms with Crippen LogP contribution in [0.5, 0.6) is 0 Å². The summed E-state index contributed by atoms with van der Waals surface area (Å²) in [6.45, 7) is 4.07. The van der Waals surface area contributed by atoms with Crippen molar-refractivity contribution in [3.05, 3.63) is 21.4 Å². The Morgan fingerprint density at radius 1 is 1.73 bits per heavy atom. The van der Waals surface area contributed by atoms with Crippen LogP contribution in [-0.2, 0) is 6.42 Å². The van der Waals surface area contributed by atoms with Gasteiger partial charge in [-0.3, -0.25) is 4.79 Å². The van der Waals surface area contributed by atoms with E-state index in [1.54, 1.807) is 0 Å². The van der Waals surface area contributed by atoms with Crippen molar-refractivity contribution in [2.75, 3.05) is 0 Å². The fraction of sp³-hybridized carbons (Fsp3) is 0.375. The van der Waals surface area contributed by atoms with Crippen LogP contribution in [0.2, 0.25) is 0 Å². The van der Waals surface area contributed by atoms with Crippen molar-refractivity contribution in [2.24, 2.45) is 5.73 Å². The average molecular weight is 169 g/mol. The first-order valence-corrected chi connectivity index (χ1v) is 4.36. The fourth-order valence-corrected chi connectivity index (χ4v) is 1.96.